The van der Waals surface area contributed by atoms with Crippen LogP contribution in [0, 0.1) is 12.8 Å². The van der Waals surface area contributed by atoms with Crippen LogP contribution in [0.15, 0.2) is 18.2 Å². The Labute approximate surface area is 154 Å². The van der Waals surface area contributed by atoms with Gasteiger partial charge in [-0.15, -0.1) is 0 Å². The first-order valence-corrected chi connectivity index (χ1v) is 8.65. The molecule has 0 radical (unpaired) electrons. The van der Waals surface area contributed by atoms with Gasteiger partial charge in [0.15, 0.2) is 0 Å². The Morgan fingerprint density at radius 2 is 1.92 bits per heavy atom. The Morgan fingerprint density at radius 1 is 1.27 bits per heavy atom. The predicted molar refractivity (Wildman–Crippen MR) is 102 cm³/mol. The first-order valence-electron chi connectivity index (χ1n) is 8.65. The number of carbonyl (C=O) groups excluding carboxylic acids is 3. The molecule has 0 aromatic heterocycles. The molecule has 1 aliphatic heterocycles. The quantitative estimate of drug-likeness (QED) is 0.837. The summed E-state index contributed by atoms with van der Waals surface area (Å²) >= 11 is 0. The molecule has 1 heterocycles. The Balaban J connectivity index is 2.07. The number of nitrogens with zero attached hydrogens (tertiary/aromatic N) is 2. The second-order valence-corrected chi connectivity index (χ2v) is 7.67. The summed E-state index contributed by atoms with van der Waals surface area (Å²) in [6, 6.07) is 5.34. The number of hydrogen-bond acceptors (Lipinski definition) is 4. The summed E-state index contributed by atoms with van der Waals surface area (Å²) in [4.78, 5) is 39.9. The van der Waals surface area contributed by atoms with Gasteiger partial charge in [-0.3, -0.25) is 14.4 Å². The van der Waals surface area contributed by atoms with Gasteiger partial charge < -0.3 is 20.4 Å². The van der Waals surface area contributed by atoms with Gasteiger partial charge in [0.05, 0.1) is 12.5 Å². The summed E-state index contributed by atoms with van der Waals surface area (Å²) in [5.74, 6) is -0.689. The normalized spacial score (nSPS) is 19.0. The van der Waals surface area contributed by atoms with Gasteiger partial charge in [-0.05, 0) is 58.6 Å². The lowest BCUT2D eigenvalue weighted by molar-refractivity contribution is -0.129. The lowest BCUT2D eigenvalue weighted by atomic mass is 9.87. The zero-order valence-electron chi connectivity index (χ0n) is 16.3. The highest BCUT2D eigenvalue weighted by Gasteiger charge is 2.47. The fourth-order valence-corrected chi connectivity index (χ4v) is 3.12. The van der Waals surface area contributed by atoms with Crippen molar-refractivity contribution in [2.45, 2.75) is 32.7 Å². The van der Waals surface area contributed by atoms with Gasteiger partial charge in [0, 0.05) is 30.4 Å². The van der Waals surface area contributed by atoms with E-state index in [4.69, 9.17) is 0 Å². The van der Waals surface area contributed by atoms with Crippen LogP contribution in [0.25, 0.3) is 0 Å². The van der Waals surface area contributed by atoms with Gasteiger partial charge >= 0.3 is 0 Å². The minimum absolute atomic E-state index is 0.0229. The third-order valence-electron chi connectivity index (χ3n) is 5.01. The first kappa shape index (κ1) is 19.9. The number of likely N-dealkylation sites (N-methyl/N-ethyl adjacent to an activating group) is 1. The van der Waals surface area contributed by atoms with Crippen LogP contribution in [0.5, 0.6) is 0 Å². The van der Waals surface area contributed by atoms with E-state index in [1.54, 1.807) is 29.0 Å². The molecule has 26 heavy (non-hydrogen) atoms. The summed E-state index contributed by atoms with van der Waals surface area (Å²) in [5.41, 5.74) is 1.70. The second-order valence-electron chi connectivity index (χ2n) is 7.67. The number of nitrogens with one attached hydrogen (secondary N) is 2. The summed E-state index contributed by atoms with van der Waals surface area (Å²) in [5, 5.41) is 5.75. The van der Waals surface area contributed by atoms with Crippen LogP contribution in [-0.2, 0) is 14.4 Å². The van der Waals surface area contributed by atoms with Crippen molar-refractivity contribution in [3.63, 3.8) is 0 Å². The predicted octanol–water partition coefficient (Wildman–Crippen LogP) is 1.69. The maximum absolute atomic E-state index is 12.7. The smallest absolute Gasteiger partial charge is 0.238 e. The summed E-state index contributed by atoms with van der Waals surface area (Å²) in [7, 11) is 5.39. The molecule has 7 nitrogen and oxygen atoms in total. The van der Waals surface area contributed by atoms with Crippen LogP contribution in [0.3, 0.4) is 0 Å². The SMILES string of the molecule is Cc1cc(NC(=O)C2CC(=O)N(C)C2(C)C)ccc1NC(=O)CN(C)C. The fourth-order valence-electron chi connectivity index (χ4n) is 3.12. The van der Waals surface area contributed by atoms with E-state index in [9.17, 15) is 14.4 Å². The molecular formula is C19H28N4O3. The van der Waals surface area contributed by atoms with E-state index in [-0.39, 0.29) is 24.1 Å². The number of aryl methyl sites for hydroxylation is 1. The van der Waals surface area contributed by atoms with E-state index in [0.717, 1.165) is 5.56 Å². The minimum Gasteiger partial charge on any atom is -0.340 e. The second kappa shape index (κ2) is 7.45. The van der Waals surface area contributed by atoms with E-state index >= 15 is 0 Å². The van der Waals surface area contributed by atoms with Crippen molar-refractivity contribution in [3.05, 3.63) is 23.8 Å². The molecule has 1 fully saturated rings. The van der Waals surface area contributed by atoms with Crippen molar-refractivity contribution >= 4 is 29.1 Å². The molecule has 2 N–H and O–H groups in total. The number of anilines is 2. The molecule has 0 bridgehead atoms. The standard InChI is InChI=1S/C19H28N4O3/c1-12-9-13(7-8-15(12)21-16(24)11-22(4)5)20-18(26)14-10-17(25)23(6)19(14,2)3/h7-9,14H,10-11H2,1-6H3,(H,20,26)(H,21,24). The van der Waals surface area contributed by atoms with E-state index < -0.39 is 11.5 Å². The summed E-state index contributed by atoms with van der Waals surface area (Å²) in [6.45, 7) is 5.97. The summed E-state index contributed by atoms with van der Waals surface area (Å²) < 4.78 is 0. The molecule has 1 unspecified atom stereocenters. The third-order valence-corrected chi connectivity index (χ3v) is 5.01. The molecule has 1 aliphatic rings. The average Bonchev–Trinajstić information content (AvgIpc) is 2.72. The van der Waals surface area contributed by atoms with E-state index in [2.05, 4.69) is 10.6 Å². The van der Waals surface area contributed by atoms with E-state index in [1.807, 2.05) is 40.9 Å². The van der Waals surface area contributed by atoms with E-state index in [0.29, 0.717) is 17.9 Å². The van der Waals surface area contributed by atoms with Gasteiger partial charge in [-0.25, -0.2) is 0 Å². The maximum Gasteiger partial charge on any atom is 0.238 e. The van der Waals surface area contributed by atoms with Crippen LogP contribution in [0.2, 0.25) is 0 Å². The third kappa shape index (κ3) is 4.22. The van der Waals surface area contributed by atoms with Gasteiger partial charge in [-0.2, -0.15) is 0 Å². The van der Waals surface area contributed by atoms with Gasteiger partial charge in [0.1, 0.15) is 0 Å². The van der Waals surface area contributed by atoms with Crippen molar-refractivity contribution in [2.75, 3.05) is 38.3 Å². The highest BCUT2D eigenvalue weighted by Crippen LogP contribution is 2.35. The topological polar surface area (TPSA) is 81.8 Å². The highest BCUT2D eigenvalue weighted by atomic mass is 16.2. The fraction of sp³-hybridized carbons (Fsp3) is 0.526. The van der Waals surface area contributed by atoms with Crippen molar-refractivity contribution in [1.82, 2.24) is 9.80 Å². The van der Waals surface area contributed by atoms with Gasteiger partial charge in [0.2, 0.25) is 17.7 Å². The van der Waals surface area contributed by atoms with Crippen LogP contribution < -0.4 is 10.6 Å². The van der Waals surface area contributed by atoms with Crippen molar-refractivity contribution in [3.8, 4) is 0 Å². The number of rotatable bonds is 5. The molecule has 0 aliphatic carbocycles. The number of amides is 3. The minimum atomic E-state index is -0.518. The molecule has 2 rings (SSSR count). The molecule has 1 aromatic carbocycles. The zero-order valence-corrected chi connectivity index (χ0v) is 16.3. The lowest BCUT2D eigenvalue weighted by Gasteiger charge is -2.32. The Hall–Kier alpha value is -2.41. The highest BCUT2D eigenvalue weighted by molar-refractivity contribution is 5.99. The maximum atomic E-state index is 12.7. The molecule has 1 atom stereocenters. The Bertz CT molecular complexity index is 727. The molecule has 142 valence electrons. The number of hydrogen-bond donors (Lipinski definition) is 2. The molecular weight excluding hydrogens is 332 g/mol. The lowest BCUT2D eigenvalue weighted by Crippen LogP contribution is -2.45. The van der Waals surface area contributed by atoms with Crippen molar-refractivity contribution in [1.29, 1.82) is 0 Å². The van der Waals surface area contributed by atoms with Crippen LogP contribution >= 0.6 is 0 Å². The molecule has 3 amide bonds. The zero-order chi connectivity index (χ0) is 19.6. The monoisotopic (exact) mass is 360 g/mol. The Kier molecular flexibility index (Phi) is 5.71. The van der Waals surface area contributed by atoms with Crippen molar-refractivity contribution in [2.24, 2.45) is 5.92 Å². The van der Waals surface area contributed by atoms with Gasteiger partial charge in [-0.1, -0.05) is 0 Å². The molecule has 0 spiro atoms. The molecule has 1 saturated heterocycles. The number of benzene rings is 1. The van der Waals surface area contributed by atoms with E-state index in [1.165, 1.54) is 0 Å². The van der Waals surface area contributed by atoms with Crippen LogP contribution in [-0.4, -0.2) is 60.7 Å². The number of carbonyl (C=O) groups is 3. The molecule has 1 aromatic rings. The van der Waals surface area contributed by atoms with Crippen molar-refractivity contribution < 1.29 is 14.4 Å². The number of likely N-dealkylation sites (tertiary alicyclic amines) is 1. The van der Waals surface area contributed by atoms with Crippen LogP contribution in [0.4, 0.5) is 11.4 Å². The van der Waals surface area contributed by atoms with Gasteiger partial charge in [0.25, 0.3) is 0 Å². The van der Waals surface area contributed by atoms with Crippen LogP contribution in [0.1, 0.15) is 25.8 Å². The average molecular weight is 360 g/mol. The molecule has 0 saturated carbocycles. The molecule has 7 heteroatoms. The first-order chi connectivity index (χ1) is 12.0. The largest absolute Gasteiger partial charge is 0.340 e. The summed E-state index contributed by atoms with van der Waals surface area (Å²) in [6.07, 6.45) is 0.215. The Morgan fingerprint density at radius 3 is 2.42 bits per heavy atom.